The fraction of sp³-hybridized carbons (Fsp3) is 0.650. The SMILES string of the molecule is O=C(NC1CCC2(CC1)OCCO2)C1(c2cccc(F)c2)CCOCC1. The van der Waals surface area contributed by atoms with E-state index in [9.17, 15) is 9.18 Å². The van der Waals surface area contributed by atoms with Gasteiger partial charge in [0.1, 0.15) is 5.82 Å². The van der Waals surface area contributed by atoms with E-state index in [4.69, 9.17) is 14.2 Å². The first kappa shape index (κ1) is 17.9. The van der Waals surface area contributed by atoms with Gasteiger partial charge in [-0.05, 0) is 43.4 Å². The molecular weight excluding hydrogens is 337 g/mol. The molecule has 1 amide bonds. The molecule has 5 nitrogen and oxygen atoms in total. The Morgan fingerprint density at radius 3 is 2.38 bits per heavy atom. The molecule has 1 aromatic rings. The monoisotopic (exact) mass is 363 g/mol. The van der Waals surface area contributed by atoms with E-state index in [-0.39, 0.29) is 17.8 Å². The first-order valence-electron chi connectivity index (χ1n) is 9.55. The highest BCUT2D eigenvalue weighted by molar-refractivity contribution is 5.88. The van der Waals surface area contributed by atoms with Crippen molar-refractivity contribution in [3.05, 3.63) is 35.6 Å². The van der Waals surface area contributed by atoms with E-state index in [2.05, 4.69) is 5.32 Å². The lowest BCUT2D eigenvalue weighted by Crippen LogP contribution is -2.52. The maximum absolute atomic E-state index is 13.8. The molecule has 3 aliphatic rings. The molecular formula is C20H26FNO4. The lowest BCUT2D eigenvalue weighted by atomic mass is 9.73. The van der Waals surface area contributed by atoms with Crippen molar-refractivity contribution in [3.8, 4) is 0 Å². The molecule has 0 radical (unpaired) electrons. The Morgan fingerprint density at radius 2 is 1.73 bits per heavy atom. The standard InChI is InChI=1S/C20H26FNO4/c21-16-3-1-2-15(14-16)19(8-10-24-11-9-19)18(23)22-17-4-6-20(7-5-17)25-12-13-26-20/h1-3,14,17H,4-13H2,(H,22,23). The van der Waals surface area contributed by atoms with E-state index in [1.165, 1.54) is 12.1 Å². The minimum atomic E-state index is -0.712. The minimum absolute atomic E-state index is 0.0133. The summed E-state index contributed by atoms with van der Waals surface area (Å²) in [5.74, 6) is -0.753. The topological polar surface area (TPSA) is 56.8 Å². The Balaban J connectivity index is 1.47. The van der Waals surface area contributed by atoms with Crippen LogP contribution in [0.3, 0.4) is 0 Å². The van der Waals surface area contributed by atoms with E-state index in [0.29, 0.717) is 39.3 Å². The van der Waals surface area contributed by atoms with Crippen LogP contribution in [0.25, 0.3) is 0 Å². The van der Waals surface area contributed by atoms with E-state index in [0.717, 1.165) is 31.2 Å². The minimum Gasteiger partial charge on any atom is -0.381 e. The van der Waals surface area contributed by atoms with Gasteiger partial charge in [-0.3, -0.25) is 4.79 Å². The number of hydrogen-bond donors (Lipinski definition) is 1. The Morgan fingerprint density at radius 1 is 1.04 bits per heavy atom. The maximum Gasteiger partial charge on any atom is 0.231 e. The van der Waals surface area contributed by atoms with Crippen molar-refractivity contribution < 1.29 is 23.4 Å². The van der Waals surface area contributed by atoms with Crippen LogP contribution < -0.4 is 5.32 Å². The molecule has 1 spiro atoms. The van der Waals surface area contributed by atoms with Crippen LogP contribution >= 0.6 is 0 Å². The van der Waals surface area contributed by atoms with Crippen molar-refractivity contribution in [2.45, 2.75) is 55.8 Å². The molecule has 6 heteroatoms. The number of nitrogens with one attached hydrogen (secondary N) is 1. The van der Waals surface area contributed by atoms with Crippen molar-refractivity contribution in [2.24, 2.45) is 0 Å². The highest BCUT2D eigenvalue weighted by atomic mass is 19.1. The van der Waals surface area contributed by atoms with Gasteiger partial charge in [0, 0.05) is 32.1 Å². The molecule has 0 atom stereocenters. The average molecular weight is 363 g/mol. The Kier molecular flexibility index (Phi) is 4.99. The van der Waals surface area contributed by atoms with Crippen LogP contribution in [0.5, 0.6) is 0 Å². The Labute approximate surface area is 153 Å². The van der Waals surface area contributed by atoms with Gasteiger partial charge in [-0.25, -0.2) is 4.39 Å². The van der Waals surface area contributed by atoms with Crippen LogP contribution in [0.15, 0.2) is 24.3 Å². The zero-order chi connectivity index (χ0) is 18.0. The molecule has 1 saturated carbocycles. The zero-order valence-corrected chi connectivity index (χ0v) is 15.0. The number of amides is 1. The Bertz CT molecular complexity index is 643. The first-order chi connectivity index (χ1) is 12.6. The number of carbonyl (C=O) groups is 1. The second-order valence-corrected chi connectivity index (χ2v) is 7.56. The van der Waals surface area contributed by atoms with Crippen LogP contribution in [0.1, 0.15) is 44.1 Å². The molecule has 1 aliphatic carbocycles. The van der Waals surface area contributed by atoms with Gasteiger partial charge in [0.2, 0.25) is 5.91 Å². The normalized spacial score (nSPS) is 25.3. The zero-order valence-electron chi connectivity index (χ0n) is 15.0. The first-order valence-corrected chi connectivity index (χ1v) is 9.55. The smallest absolute Gasteiger partial charge is 0.231 e. The van der Waals surface area contributed by atoms with Gasteiger partial charge in [-0.1, -0.05) is 12.1 Å². The van der Waals surface area contributed by atoms with Crippen molar-refractivity contribution in [1.82, 2.24) is 5.32 Å². The number of benzene rings is 1. The average Bonchev–Trinajstić information content (AvgIpc) is 3.12. The molecule has 4 rings (SSSR count). The van der Waals surface area contributed by atoms with Gasteiger partial charge < -0.3 is 19.5 Å². The lowest BCUT2D eigenvalue weighted by Gasteiger charge is -2.40. The molecule has 1 N–H and O–H groups in total. The molecule has 3 fully saturated rings. The second kappa shape index (κ2) is 7.25. The molecule has 142 valence electrons. The van der Waals surface area contributed by atoms with Crippen molar-refractivity contribution in [2.75, 3.05) is 26.4 Å². The predicted molar refractivity (Wildman–Crippen MR) is 93.2 cm³/mol. The molecule has 2 heterocycles. The second-order valence-electron chi connectivity index (χ2n) is 7.56. The van der Waals surface area contributed by atoms with Gasteiger partial charge in [0.25, 0.3) is 0 Å². The number of ether oxygens (including phenoxy) is 3. The van der Waals surface area contributed by atoms with E-state index in [1.807, 2.05) is 6.07 Å². The summed E-state index contributed by atoms with van der Waals surface area (Å²) in [4.78, 5) is 13.3. The molecule has 0 aromatic heterocycles. The number of rotatable bonds is 3. The summed E-state index contributed by atoms with van der Waals surface area (Å²) < 4.78 is 30.8. The summed E-state index contributed by atoms with van der Waals surface area (Å²) in [6.07, 6.45) is 4.42. The summed E-state index contributed by atoms with van der Waals surface area (Å²) in [6.45, 7) is 2.33. The van der Waals surface area contributed by atoms with Crippen LogP contribution in [-0.2, 0) is 24.4 Å². The third-order valence-electron chi connectivity index (χ3n) is 6.05. The van der Waals surface area contributed by atoms with Gasteiger partial charge in [-0.15, -0.1) is 0 Å². The summed E-state index contributed by atoms with van der Waals surface area (Å²) in [5, 5.41) is 3.23. The van der Waals surface area contributed by atoms with Crippen LogP contribution in [0.2, 0.25) is 0 Å². The molecule has 1 aromatic carbocycles. The van der Waals surface area contributed by atoms with Gasteiger partial charge in [0.15, 0.2) is 5.79 Å². The summed E-state index contributed by atoms with van der Waals surface area (Å²) >= 11 is 0. The molecule has 0 bridgehead atoms. The van der Waals surface area contributed by atoms with Gasteiger partial charge in [0.05, 0.1) is 18.6 Å². The molecule has 0 unspecified atom stereocenters. The largest absolute Gasteiger partial charge is 0.381 e. The fourth-order valence-electron chi connectivity index (χ4n) is 4.46. The van der Waals surface area contributed by atoms with Crippen molar-refractivity contribution in [1.29, 1.82) is 0 Å². The highest BCUT2D eigenvalue weighted by Gasteiger charge is 2.45. The van der Waals surface area contributed by atoms with Crippen molar-refractivity contribution >= 4 is 5.91 Å². The quantitative estimate of drug-likeness (QED) is 0.897. The fourth-order valence-corrected chi connectivity index (χ4v) is 4.46. The lowest BCUT2D eigenvalue weighted by molar-refractivity contribution is -0.180. The highest BCUT2D eigenvalue weighted by Crippen LogP contribution is 2.38. The third-order valence-corrected chi connectivity index (χ3v) is 6.05. The van der Waals surface area contributed by atoms with Crippen LogP contribution in [0, 0.1) is 5.82 Å². The molecule has 2 aliphatic heterocycles. The third kappa shape index (κ3) is 3.38. The van der Waals surface area contributed by atoms with E-state index < -0.39 is 11.2 Å². The maximum atomic E-state index is 13.8. The van der Waals surface area contributed by atoms with Crippen LogP contribution in [0.4, 0.5) is 4.39 Å². The summed E-state index contributed by atoms with van der Waals surface area (Å²) in [5.41, 5.74) is 0.0311. The summed E-state index contributed by atoms with van der Waals surface area (Å²) in [6, 6.07) is 6.53. The molecule has 2 saturated heterocycles. The van der Waals surface area contributed by atoms with Crippen LogP contribution in [-0.4, -0.2) is 44.2 Å². The van der Waals surface area contributed by atoms with E-state index in [1.54, 1.807) is 6.07 Å². The van der Waals surface area contributed by atoms with E-state index >= 15 is 0 Å². The Hall–Kier alpha value is -1.50. The predicted octanol–water partition coefficient (Wildman–Crippen LogP) is 2.68. The van der Waals surface area contributed by atoms with Gasteiger partial charge >= 0.3 is 0 Å². The number of halogens is 1. The van der Waals surface area contributed by atoms with Gasteiger partial charge in [-0.2, -0.15) is 0 Å². The molecule has 26 heavy (non-hydrogen) atoms. The van der Waals surface area contributed by atoms with Crippen molar-refractivity contribution in [3.63, 3.8) is 0 Å². The number of hydrogen-bond acceptors (Lipinski definition) is 4. The number of carbonyl (C=O) groups excluding carboxylic acids is 1. The summed E-state index contributed by atoms with van der Waals surface area (Å²) in [7, 11) is 0.